The van der Waals surface area contributed by atoms with Gasteiger partial charge in [-0.3, -0.25) is 4.79 Å². The van der Waals surface area contributed by atoms with Crippen molar-refractivity contribution in [2.24, 2.45) is 5.16 Å². The third-order valence-corrected chi connectivity index (χ3v) is 1.43. The van der Waals surface area contributed by atoms with Crippen LogP contribution in [0.1, 0.15) is 19.8 Å². The monoisotopic (exact) mass is 221 g/mol. The topological polar surface area (TPSA) is 76.0 Å². The third-order valence-electron chi connectivity index (χ3n) is 1.24. The molecule has 0 aliphatic heterocycles. The number of hydrogen-bond donors (Lipinski definition) is 1. The second kappa shape index (κ2) is 7.32. The first-order chi connectivity index (χ1) is 6.63. The molecule has 0 saturated heterocycles. The summed E-state index contributed by atoms with van der Waals surface area (Å²) in [7, 11) is 0. The van der Waals surface area contributed by atoms with Crippen LogP contribution >= 0.6 is 11.6 Å². The minimum absolute atomic E-state index is 0.0534. The van der Waals surface area contributed by atoms with Gasteiger partial charge in [0.1, 0.15) is 6.61 Å². The predicted molar refractivity (Wildman–Crippen MR) is 51.7 cm³/mol. The fourth-order valence-electron chi connectivity index (χ4n) is 0.615. The number of carbonyl (C=O) groups excluding carboxylic acids is 1. The number of carboxylic acid groups (broad SMARTS) is 1. The number of nitrogens with zero attached hydrogens (tertiary/aromatic N) is 1. The summed E-state index contributed by atoms with van der Waals surface area (Å²) in [6.45, 7) is 2.13. The van der Waals surface area contributed by atoms with Gasteiger partial charge in [-0.2, -0.15) is 0 Å². The van der Waals surface area contributed by atoms with Crippen LogP contribution in [0.15, 0.2) is 5.16 Å². The molecule has 0 fully saturated rings. The van der Waals surface area contributed by atoms with Gasteiger partial charge in [0.2, 0.25) is 5.71 Å². The van der Waals surface area contributed by atoms with Crippen LogP contribution in [-0.2, 0) is 14.4 Å². The predicted octanol–water partition coefficient (Wildman–Crippen LogP) is 1.05. The van der Waals surface area contributed by atoms with Crippen molar-refractivity contribution in [2.75, 3.05) is 12.5 Å². The molecular formula is C8H12ClNO4. The van der Waals surface area contributed by atoms with Crippen molar-refractivity contribution in [3.8, 4) is 0 Å². The Labute approximate surface area is 86.7 Å². The van der Waals surface area contributed by atoms with E-state index in [1.54, 1.807) is 0 Å². The number of carboxylic acids is 1. The maximum absolute atomic E-state index is 11.1. The Morgan fingerprint density at radius 2 is 2.14 bits per heavy atom. The fourth-order valence-corrected chi connectivity index (χ4v) is 0.787. The second-order valence-corrected chi connectivity index (χ2v) is 2.82. The van der Waals surface area contributed by atoms with Crippen molar-refractivity contribution in [3.63, 3.8) is 0 Å². The number of carbonyl (C=O) groups is 2. The van der Waals surface area contributed by atoms with Gasteiger partial charge in [-0.1, -0.05) is 12.1 Å². The van der Waals surface area contributed by atoms with Crippen molar-refractivity contribution in [3.05, 3.63) is 0 Å². The molecule has 14 heavy (non-hydrogen) atoms. The molecule has 6 heteroatoms. The number of alkyl halides is 1. The zero-order valence-corrected chi connectivity index (χ0v) is 8.58. The van der Waals surface area contributed by atoms with Gasteiger partial charge in [-0.15, -0.1) is 11.6 Å². The summed E-state index contributed by atoms with van der Waals surface area (Å²) in [4.78, 5) is 26.3. The molecule has 0 radical (unpaired) electrons. The number of oxime groups is 1. The number of Topliss-reactive ketones (excluding diaryl/α,β-unsaturated/α-hetero) is 1. The highest BCUT2D eigenvalue weighted by Crippen LogP contribution is 1.94. The Kier molecular flexibility index (Phi) is 6.74. The number of hydrogen-bond acceptors (Lipinski definition) is 4. The Morgan fingerprint density at radius 3 is 2.57 bits per heavy atom. The number of aliphatic carboxylic acids is 1. The number of rotatable bonds is 7. The Hall–Kier alpha value is -1.10. The van der Waals surface area contributed by atoms with Gasteiger partial charge in [-0.25, -0.2) is 4.79 Å². The molecular weight excluding hydrogens is 210 g/mol. The molecule has 0 heterocycles. The number of halogens is 1. The minimum atomic E-state index is -1.39. The van der Waals surface area contributed by atoms with Crippen LogP contribution in [0.5, 0.6) is 0 Å². The lowest BCUT2D eigenvalue weighted by Gasteiger charge is -1.99. The van der Waals surface area contributed by atoms with E-state index in [4.69, 9.17) is 16.7 Å². The summed E-state index contributed by atoms with van der Waals surface area (Å²) in [6.07, 6.45) is 0.641. The molecule has 0 unspecified atom stereocenters. The molecule has 0 aromatic heterocycles. The molecule has 0 aliphatic carbocycles. The zero-order chi connectivity index (χ0) is 11.0. The van der Waals surface area contributed by atoms with E-state index in [1.165, 1.54) is 0 Å². The van der Waals surface area contributed by atoms with E-state index in [0.29, 0.717) is 6.42 Å². The van der Waals surface area contributed by atoms with Crippen molar-refractivity contribution in [2.45, 2.75) is 19.8 Å². The molecule has 0 aliphatic rings. The van der Waals surface area contributed by atoms with Crippen molar-refractivity contribution >= 4 is 29.1 Å². The third kappa shape index (κ3) is 4.81. The molecule has 0 amide bonds. The van der Waals surface area contributed by atoms with E-state index < -0.39 is 17.5 Å². The smallest absolute Gasteiger partial charge is 0.361 e. The molecule has 0 spiro atoms. The Morgan fingerprint density at radius 1 is 1.50 bits per heavy atom. The molecule has 1 N–H and O–H groups in total. The molecule has 0 aromatic carbocycles. The highest BCUT2D eigenvalue weighted by atomic mass is 35.5. The Balaban J connectivity index is 4.35. The summed E-state index contributed by atoms with van der Waals surface area (Å²) >= 11 is 5.30. The summed E-state index contributed by atoms with van der Waals surface area (Å²) in [5.74, 6) is -1.95. The molecule has 0 bridgehead atoms. The van der Waals surface area contributed by atoms with E-state index >= 15 is 0 Å². The Bertz CT molecular complexity index is 239. The SMILES string of the molecule is CCCON=C(C(=O)O)C(=O)CCCl. The minimum Gasteiger partial charge on any atom is -0.476 e. The van der Waals surface area contributed by atoms with Gasteiger partial charge in [0.25, 0.3) is 0 Å². The average molecular weight is 222 g/mol. The van der Waals surface area contributed by atoms with Gasteiger partial charge < -0.3 is 9.94 Å². The molecule has 0 rings (SSSR count). The molecule has 0 saturated carbocycles. The van der Waals surface area contributed by atoms with Gasteiger partial charge in [0.15, 0.2) is 5.78 Å². The first-order valence-corrected chi connectivity index (χ1v) is 4.69. The quantitative estimate of drug-likeness (QED) is 0.229. The first kappa shape index (κ1) is 12.9. The van der Waals surface area contributed by atoms with E-state index in [1.807, 2.05) is 6.92 Å². The van der Waals surface area contributed by atoms with E-state index in [9.17, 15) is 9.59 Å². The lowest BCUT2D eigenvalue weighted by atomic mass is 10.2. The largest absolute Gasteiger partial charge is 0.476 e. The van der Waals surface area contributed by atoms with Gasteiger partial charge in [0, 0.05) is 12.3 Å². The van der Waals surface area contributed by atoms with E-state index in [-0.39, 0.29) is 18.9 Å². The van der Waals surface area contributed by atoms with Crippen LogP contribution in [0.25, 0.3) is 0 Å². The van der Waals surface area contributed by atoms with Crippen molar-refractivity contribution in [1.29, 1.82) is 0 Å². The van der Waals surface area contributed by atoms with E-state index in [0.717, 1.165) is 0 Å². The van der Waals surface area contributed by atoms with Crippen LogP contribution in [-0.4, -0.2) is 35.1 Å². The molecule has 5 nitrogen and oxygen atoms in total. The second-order valence-electron chi connectivity index (χ2n) is 2.44. The summed E-state index contributed by atoms with van der Waals surface area (Å²) in [5.41, 5.74) is -0.598. The highest BCUT2D eigenvalue weighted by molar-refractivity contribution is 6.64. The van der Waals surface area contributed by atoms with Gasteiger partial charge >= 0.3 is 5.97 Å². The normalized spacial score (nSPS) is 11.1. The highest BCUT2D eigenvalue weighted by Gasteiger charge is 2.19. The van der Waals surface area contributed by atoms with E-state index in [2.05, 4.69) is 9.99 Å². The van der Waals surface area contributed by atoms with Crippen LogP contribution < -0.4 is 0 Å². The van der Waals surface area contributed by atoms with Gasteiger partial charge in [0.05, 0.1) is 0 Å². The summed E-state index contributed by atoms with van der Waals surface area (Å²) in [5, 5.41) is 11.8. The standard InChI is InChI=1S/C8H12ClNO4/c1-2-5-14-10-7(8(12)13)6(11)3-4-9/h2-5H2,1H3,(H,12,13). The van der Waals surface area contributed by atoms with Crippen LogP contribution in [0.4, 0.5) is 0 Å². The number of ketones is 1. The summed E-state index contributed by atoms with van der Waals surface area (Å²) < 4.78 is 0. The first-order valence-electron chi connectivity index (χ1n) is 4.15. The molecule has 80 valence electrons. The lowest BCUT2D eigenvalue weighted by molar-refractivity contribution is -0.130. The van der Waals surface area contributed by atoms with Crippen LogP contribution in [0.3, 0.4) is 0 Å². The average Bonchev–Trinajstić information content (AvgIpc) is 2.12. The van der Waals surface area contributed by atoms with Crippen LogP contribution in [0, 0.1) is 0 Å². The maximum Gasteiger partial charge on any atom is 0.361 e. The molecule has 0 atom stereocenters. The van der Waals surface area contributed by atoms with Gasteiger partial charge in [-0.05, 0) is 6.42 Å². The van der Waals surface area contributed by atoms with Crippen LogP contribution in [0.2, 0.25) is 0 Å². The van der Waals surface area contributed by atoms with Crippen molar-refractivity contribution < 1.29 is 19.5 Å². The molecule has 0 aromatic rings. The fraction of sp³-hybridized carbons (Fsp3) is 0.625. The van der Waals surface area contributed by atoms with Crippen molar-refractivity contribution in [1.82, 2.24) is 0 Å². The lowest BCUT2D eigenvalue weighted by Crippen LogP contribution is -2.24. The zero-order valence-electron chi connectivity index (χ0n) is 7.83. The summed E-state index contributed by atoms with van der Waals surface area (Å²) in [6, 6.07) is 0. The maximum atomic E-state index is 11.1.